The Bertz CT molecular complexity index is 527. The smallest absolute Gasteiger partial charge is 0.222 e. The average molecular weight is 331 g/mol. The summed E-state index contributed by atoms with van der Waals surface area (Å²) in [7, 11) is 0. The van der Waals surface area contributed by atoms with E-state index in [1.54, 1.807) is 0 Å². The van der Waals surface area contributed by atoms with Gasteiger partial charge < -0.3 is 16.4 Å². The van der Waals surface area contributed by atoms with Crippen LogP contribution in [0.15, 0.2) is 30.3 Å². The van der Waals surface area contributed by atoms with E-state index >= 15 is 0 Å². The highest BCUT2D eigenvalue weighted by Gasteiger charge is 2.25. The number of nitrogens with one attached hydrogen (secondary N) is 2. The van der Waals surface area contributed by atoms with E-state index in [4.69, 9.17) is 5.73 Å². The standard InChI is InChI=1S/C19H29N3O2/c1-14(23)21-17(15-8-4-2-5-9-15)12-19(24)22-18(13-20)16-10-6-3-7-11-16/h2,4-5,8-9,16-18H,3,6-7,10-13,20H2,1H3,(H,21,23)(H,22,24). The van der Waals surface area contributed by atoms with Crippen molar-refractivity contribution in [2.75, 3.05) is 6.54 Å². The lowest BCUT2D eigenvalue weighted by molar-refractivity contribution is -0.123. The van der Waals surface area contributed by atoms with Crippen molar-refractivity contribution in [3.63, 3.8) is 0 Å². The number of carbonyl (C=O) groups excluding carboxylic acids is 2. The molecule has 0 radical (unpaired) electrons. The summed E-state index contributed by atoms with van der Waals surface area (Å²) in [6.07, 6.45) is 6.21. The fourth-order valence-corrected chi connectivity index (χ4v) is 3.54. The van der Waals surface area contributed by atoms with Gasteiger partial charge in [-0.2, -0.15) is 0 Å². The minimum atomic E-state index is -0.312. The third kappa shape index (κ3) is 5.64. The van der Waals surface area contributed by atoms with Crippen molar-refractivity contribution in [1.82, 2.24) is 10.6 Å². The van der Waals surface area contributed by atoms with Gasteiger partial charge in [0.15, 0.2) is 0 Å². The van der Waals surface area contributed by atoms with Crippen LogP contribution in [-0.2, 0) is 9.59 Å². The summed E-state index contributed by atoms with van der Waals surface area (Å²) in [5.74, 6) is 0.279. The van der Waals surface area contributed by atoms with Crippen LogP contribution in [0.5, 0.6) is 0 Å². The molecule has 24 heavy (non-hydrogen) atoms. The first-order valence-electron chi connectivity index (χ1n) is 8.91. The first kappa shape index (κ1) is 18.5. The molecule has 1 saturated carbocycles. The molecule has 2 amide bonds. The molecule has 0 heterocycles. The molecule has 1 aromatic carbocycles. The zero-order valence-electron chi connectivity index (χ0n) is 14.5. The highest BCUT2D eigenvalue weighted by Crippen LogP contribution is 2.26. The Morgan fingerprint density at radius 1 is 1.12 bits per heavy atom. The lowest BCUT2D eigenvalue weighted by atomic mass is 9.84. The van der Waals surface area contributed by atoms with E-state index in [2.05, 4.69) is 10.6 Å². The Morgan fingerprint density at radius 3 is 2.38 bits per heavy atom. The Hall–Kier alpha value is -1.88. The van der Waals surface area contributed by atoms with Gasteiger partial charge in [0, 0.05) is 19.5 Å². The van der Waals surface area contributed by atoms with E-state index in [1.165, 1.54) is 26.2 Å². The fourth-order valence-electron chi connectivity index (χ4n) is 3.54. The summed E-state index contributed by atoms with van der Waals surface area (Å²) in [6.45, 7) is 1.94. The van der Waals surface area contributed by atoms with Gasteiger partial charge in [-0.3, -0.25) is 9.59 Å². The quantitative estimate of drug-likeness (QED) is 0.716. The number of hydrogen-bond donors (Lipinski definition) is 3. The number of rotatable bonds is 7. The summed E-state index contributed by atoms with van der Waals surface area (Å²) >= 11 is 0. The highest BCUT2D eigenvalue weighted by molar-refractivity contribution is 5.79. The van der Waals surface area contributed by atoms with E-state index in [9.17, 15) is 9.59 Å². The largest absolute Gasteiger partial charge is 0.352 e. The number of hydrogen-bond acceptors (Lipinski definition) is 3. The lowest BCUT2D eigenvalue weighted by Gasteiger charge is -2.30. The molecule has 0 aliphatic heterocycles. The van der Waals surface area contributed by atoms with Gasteiger partial charge in [0.05, 0.1) is 12.5 Å². The molecule has 1 aromatic rings. The van der Waals surface area contributed by atoms with Crippen LogP contribution in [0.1, 0.15) is 57.1 Å². The molecule has 5 heteroatoms. The molecule has 132 valence electrons. The first-order chi connectivity index (χ1) is 11.6. The Kier molecular flexibility index (Phi) is 7.25. The van der Waals surface area contributed by atoms with Crippen LogP contribution in [0.25, 0.3) is 0 Å². The first-order valence-corrected chi connectivity index (χ1v) is 8.91. The van der Waals surface area contributed by atoms with Crippen LogP contribution >= 0.6 is 0 Å². The molecular weight excluding hydrogens is 302 g/mol. The predicted octanol–water partition coefficient (Wildman–Crippen LogP) is 2.28. The Balaban J connectivity index is 1.97. The second-order valence-electron chi connectivity index (χ2n) is 6.68. The molecule has 0 saturated heterocycles. The van der Waals surface area contributed by atoms with Crippen molar-refractivity contribution in [1.29, 1.82) is 0 Å². The number of carbonyl (C=O) groups is 2. The summed E-state index contributed by atoms with van der Waals surface area (Å²) in [6, 6.07) is 9.31. The molecule has 4 N–H and O–H groups in total. The zero-order chi connectivity index (χ0) is 17.4. The van der Waals surface area contributed by atoms with Gasteiger partial charge in [0.25, 0.3) is 0 Å². The van der Waals surface area contributed by atoms with Gasteiger partial charge in [-0.15, -0.1) is 0 Å². The third-order valence-electron chi connectivity index (χ3n) is 4.79. The summed E-state index contributed by atoms with van der Waals surface area (Å²) < 4.78 is 0. The molecule has 0 aromatic heterocycles. The van der Waals surface area contributed by atoms with E-state index in [-0.39, 0.29) is 30.3 Å². The van der Waals surface area contributed by atoms with Crippen molar-refractivity contribution in [2.24, 2.45) is 11.7 Å². The van der Waals surface area contributed by atoms with E-state index < -0.39 is 0 Å². The second-order valence-corrected chi connectivity index (χ2v) is 6.68. The van der Waals surface area contributed by atoms with Crippen molar-refractivity contribution in [2.45, 2.75) is 57.5 Å². The van der Waals surface area contributed by atoms with Crippen molar-refractivity contribution in [3.8, 4) is 0 Å². The maximum atomic E-state index is 12.5. The minimum absolute atomic E-state index is 0.0338. The number of amides is 2. The minimum Gasteiger partial charge on any atom is -0.352 e. The number of benzene rings is 1. The zero-order valence-corrected chi connectivity index (χ0v) is 14.5. The SMILES string of the molecule is CC(=O)NC(CC(=O)NC(CN)C1CCCCC1)c1ccccc1. The van der Waals surface area contributed by atoms with Gasteiger partial charge in [-0.05, 0) is 24.3 Å². The Morgan fingerprint density at radius 2 is 1.79 bits per heavy atom. The van der Waals surface area contributed by atoms with Crippen LogP contribution in [0.4, 0.5) is 0 Å². The van der Waals surface area contributed by atoms with Gasteiger partial charge >= 0.3 is 0 Å². The van der Waals surface area contributed by atoms with E-state index in [1.807, 2.05) is 30.3 Å². The van der Waals surface area contributed by atoms with Gasteiger partial charge in [-0.25, -0.2) is 0 Å². The van der Waals surface area contributed by atoms with E-state index in [0.717, 1.165) is 18.4 Å². The highest BCUT2D eigenvalue weighted by atomic mass is 16.2. The molecule has 2 unspecified atom stereocenters. The van der Waals surface area contributed by atoms with Crippen LogP contribution in [-0.4, -0.2) is 24.4 Å². The van der Waals surface area contributed by atoms with Crippen molar-refractivity contribution in [3.05, 3.63) is 35.9 Å². The topological polar surface area (TPSA) is 84.2 Å². The van der Waals surface area contributed by atoms with Crippen LogP contribution in [0.2, 0.25) is 0 Å². The van der Waals surface area contributed by atoms with Gasteiger partial charge in [0.2, 0.25) is 11.8 Å². The average Bonchev–Trinajstić information content (AvgIpc) is 2.60. The van der Waals surface area contributed by atoms with Crippen LogP contribution < -0.4 is 16.4 Å². The van der Waals surface area contributed by atoms with Crippen molar-refractivity contribution < 1.29 is 9.59 Å². The molecular formula is C19H29N3O2. The number of nitrogens with two attached hydrogens (primary N) is 1. The fraction of sp³-hybridized carbons (Fsp3) is 0.579. The maximum Gasteiger partial charge on any atom is 0.222 e. The third-order valence-corrected chi connectivity index (χ3v) is 4.79. The molecule has 1 aliphatic carbocycles. The predicted molar refractivity (Wildman–Crippen MR) is 95.2 cm³/mol. The maximum absolute atomic E-state index is 12.5. The monoisotopic (exact) mass is 331 g/mol. The van der Waals surface area contributed by atoms with Crippen LogP contribution in [0, 0.1) is 5.92 Å². The summed E-state index contributed by atoms with van der Waals surface area (Å²) in [5.41, 5.74) is 6.83. The lowest BCUT2D eigenvalue weighted by Crippen LogP contribution is -2.46. The Labute approximate surface area is 144 Å². The van der Waals surface area contributed by atoms with Crippen molar-refractivity contribution >= 4 is 11.8 Å². The molecule has 0 bridgehead atoms. The van der Waals surface area contributed by atoms with Gasteiger partial charge in [-0.1, -0.05) is 49.6 Å². The molecule has 5 nitrogen and oxygen atoms in total. The normalized spacial score (nSPS) is 17.8. The molecule has 0 spiro atoms. The van der Waals surface area contributed by atoms with Crippen LogP contribution in [0.3, 0.4) is 0 Å². The molecule has 1 fully saturated rings. The summed E-state index contributed by atoms with van der Waals surface area (Å²) in [5, 5.41) is 5.96. The summed E-state index contributed by atoms with van der Waals surface area (Å²) in [4.78, 5) is 24.0. The van der Waals surface area contributed by atoms with Gasteiger partial charge in [0.1, 0.15) is 0 Å². The molecule has 2 rings (SSSR count). The second kappa shape index (κ2) is 9.42. The van der Waals surface area contributed by atoms with E-state index in [0.29, 0.717) is 12.5 Å². The molecule has 1 aliphatic rings. The molecule has 2 atom stereocenters.